The second-order valence-electron chi connectivity index (χ2n) is 6.16. The molecule has 2 heterocycles. The third-order valence-electron chi connectivity index (χ3n) is 4.47. The Morgan fingerprint density at radius 1 is 1.12 bits per heavy atom. The maximum atomic E-state index is 12.9. The number of aryl methyl sites for hydroxylation is 3. The minimum absolute atomic E-state index is 0.278. The Morgan fingerprint density at radius 3 is 2.58 bits per heavy atom. The van der Waals surface area contributed by atoms with Crippen LogP contribution in [0.2, 0.25) is 5.02 Å². The molecule has 0 unspecified atom stereocenters. The fraction of sp³-hybridized carbons (Fsp3) is 0.200. The van der Waals surface area contributed by atoms with Crippen molar-refractivity contribution in [1.82, 2.24) is 4.57 Å². The number of carbonyl (C=O) groups is 1. The lowest BCUT2D eigenvalue weighted by Gasteiger charge is -2.04. The summed E-state index contributed by atoms with van der Waals surface area (Å²) >= 11 is 9.41. The van der Waals surface area contributed by atoms with Gasteiger partial charge in [-0.25, -0.2) is 0 Å². The van der Waals surface area contributed by atoms with E-state index in [1.807, 2.05) is 24.3 Å². The van der Waals surface area contributed by atoms with E-state index >= 15 is 0 Å². The molecule has 26 heavy (non-hydrogen) atoms. The molecule has 0 saturated carbocycles. The van der Waals surface area contributed by atoms with Gasteiger partial charge in [0.2, 0.25) is 0 Å². The molecule has 0 N–H and O–H groups in total. The maximum absolute atomic E-state index is 12.9. The largest absolute Gasteiger partial charge is 0.316 e. The third kappa shape index (κ3) is 2.71. The summed E-state index contributed by atoms with van der Waals surface area (Å²) in [6.45, 7) is 7.02. The molecule has 2 aromatic heterocycles. The van der Waals surface area contributed by atoms with E-state index in [0.717, 1.165) is 26.9 Å². The number of aromatic nitrogens is 1. The van der Waals surface area contributed by atoms with Crippen molar-refractivity contribution < 1.29 is 4.79 Å². The van der Waals surface area contributed by atoms with Gasteiger partial charge in [0.05, 0.1) is 15.2 Å². The molecule has 132 valence electrons. The SMILES string of the molecule is CCn1c(=NC(=O)c2sc3ccccc3c2Cl)sc2c(C)ccc(C)c21. The Morgan fingerprint density at radius 2 is 1.85 bits per heavy atom. The number of nitrogens with zero attached hydrogens (tertiary/aromatic N) is 2. The van der Waals surface area contributed by atoms with E-state index in [1.54, 1.807) is 11.3 Å². The minimum Gasteiger partial charge on any atom is -0.316 e. The zero-order chi connectivity index (χ0) is 18.4. The molecule has 0 spiro atoms. The van der Waals surface area contributed by atoms with Crippen LogP contribution in [0.1, 0.15) is 27.7 Å². The highest BCUT2D eigenvalue weighted by Crippen LogP contribution is 2.35. The van der Waals surface area contributed by atoms with Crippen LogP contribution >= 0.6 is 34.3 Å². The van der Waals surface area contributed by atoms with Gasteiger partial charge in [0, 0.05) is 16.6 Å². The summed E-state index contributed by atoms with van der Waals surface area (Å²) in [5.41, 5.74) is 3.55. The van der Waals surface area contributed by atoms with Gasteiger partial charge in [0.15, 0.2) is 4.80 Å². The van der Waals surface area contributed by atoms with Gasteiger partial charge in [-0.2, -0.15) is 4.99 Å². The highest BCUT2D eigenvalue weighted by Gasteiger charge is 2.17. The van der Waals surface area contributed by atoms with Crippen molar-refractivity contribution in [2.45, 2.75) is 27.3 Å². The Bertz CT molecular complexity index is 1230. The van der Waals surface area contributed by atoms with E-state index in [9.17, 15) is 4.79 Å². The molecule has 0 atom stereocenters. The fourth-order valence-corrected chi connectivity index (χ4v) is 5.78. The zero-order valence-electron chi connectivity index (χ0n) is 14.7. The number of hydrogen-bond donors (Lipinski definition) is 0. The quantitative estimate of drug-likeness (QED) is 0.409. The van der Waals surface area contributed by atoms with Crippen LogP contribution in [0.3, 0.4) is 0 Å². The molecule has 0 fully saturated rings. The first-order valence-electron chi connectivity index (χ1n) is 8.37. The number of amides is 1. The normalized spacial score (nSPS) is 12.4. The zero-order valence-corrected chi connectivity index (χ0v) is 17.1. The molecule has 0 aliphatic carbocycles. The van der Waals surface area contributed by atoms with Crippen LogP contribution in [0.15, 0.2) is 41.4 Å². The fourth-order valence-electron chi connectivity index (χ4n) is 3.14. The van der Waals surface area contributed by atoms with Crippen LogP contribution in [0.25, 0.3) is 20.3 Å². The van der Waals surface area contributed by atoms with Crippen molar-refractivity contribution in [2.75, 3.05) is 0 Å². The number of benzene rings is 2. The predicted molar refractivity (Wildman–Crippen MR) is 112 cm³/mol. The van der Waals surface area contributed by atoms with Crippen LogP contribution < -0.4 is 4.80 Å². The van der Waals surface area contributed by atoms with Gasteiger partial charge in [-0.1, -0.05) is 53.3 Å². The Balaban J connectivity index is 1.93. The molecule has 0 saturated heterocycles. The van der Waals surface area contributed by atoms with Crippen molar-refractivity contribution in [3.05, 3.63) is 62.2 Å². The summed E-state index contributed by atoms with van der Waals surface area (Å²) in [6, 6.07) is 12.0. The molecule has 3 nitrogen and oxygen atoms in total. The third-order valence-corrected chi connectivity index (χ3v) is 7.34. The van der Waals surface area contributed by atoms with Gasteiger partial charge in [0.25, 0.3) is 5.91 Å². The number of carbonyl (C=O) groups excluding carboxylic acids is 1. The van der Waals surface area contributed by atoms with E-state index < -0.39 is 0 Å². The molecule has 0 aliphatic heterocycles. The van der Waals surface area contributed by atoms with E-state index in [1.165, 1.54) is 27.2 Å². The van der Waals surface area contributed by atoms with Crippen LogP contribution in [0.4, 0.5) is 0 Å². The van der Waals surface area contributed by atoms with Crippen molar-refractivity contribution in [1.29, 1.82) is 0 Å². The molecule has 1 amide bonds. The highest BCUT2D eigenvalue weighted by molar-refractivity contribution is 7.21. The molecule has 2 aromatic carbocycles. The monoisotopic (exact) mass is 400 g/mol. The lowest BCUT2D eigenvalue weighted by Crippen LogP contribution is -2.16. The number of halogens is 1. The topological polar surface area (TPSA) is 34.4 Å². The van der Waals surface area contributed by atoms with Crippen molar-refractivity contribution in [3.8, 4) is 0 Å². The van der Waals surface area contributed by atoms with E-state index in [4.69, 9.17) is 11.6 Å². The van der Waals surface area contributed by atoms with Gasteiger partial charge < -0.3 is 4.57 Å². The van der Waals surface area contributed by atoms with Crippen molar-refractivity contribution in [3.63, 3.8) is 0 Å². The molecule has 0 radical (unpaired) electrons. The molecular weight excluding hydrogens is 384 g/mol. The van der Waals surface area contributed by atoms with Crippen molar-refractivity contribution >= 4 is 60.5 Å². The minimum atomic E-state index is -0.278. The summed E-state index contributed by atoms with van der Waals surface area (Å²) in [7, 11) is 0. The number of rotatable bonds is 2. The summed E-state index contributed by atoms with van der Waals surface area (Å²) in [5.74, 6) is -0.278. The first kappa shape index (κ1) is 17.5. The number of hydrogen-bond acceptors (Lipinski definition) is 3. The van der Waals surface area contributed by atoms with Gasteiger partial charge in [-0.05, 0) is 38.0 Å². The standard InChI is InChI=1S/C20H17ClN2OS2/c1-4-23-16-11(2)9-10-12(3)17(16)26-20(23)22-19(24)18-15(21)13-7-5-6-8-14(13)25-18/h5-10H,4H2,1-3H3. The van der Waals surface area contributed by atoms with Crippen molar-refractivity contribution in [2.24, 2.45) is 4.99 Å². The number of thiazole rings is 1. The van der Waals surface area contributed by atoms with Crippen LogP contribution in [-0.4, -0.2) is 10.5 Å². The maximum Gasteiger partial charge on any atom is 0.291 e. The molecule has 4 aromatic rings. The lowest BCUT2D eigenvalue weighted by atomic mass is 10.1. The number of thiophene rings is 1. The summed E-state index contributed by atoms with van der Waals surface area (Å²) in [6.07, 6.45) is 0. The van der Waals surface area contributed by atoms with Crippen LogP contribution in [0, 0.1) is 13.8 Å². The smallest absolute Gasteiger partial charge is 0.291 e. The second-order valence-corrected chi connectivity index (χ2v) is 8.57. The molecule has 0 bridgehead atoms. The van der Waals surface area contributed by atoms with Gasteiger partial charge in [-0.3, -0.25) is 4.79 Å². The van der Waals surface area contributed by atoms with Crippen LogP contribution in [0.5, 0.6) is 0 Å². The van der Waals surface area contributed by atoms with Gasteiger partial charge in [-0.15, -0.1) is 11.3 Å². The Hall–Kier alpha value is -1.95. The second kappa shape index (κ2) is 6.65. The summed E-state index contributed by atoms with van der Waals surface area (Å²) in [5, 5.41) is 1.40. The Kier molecular flexibility index (Phi) is 4.47. The average Bonchev–Trinajstić information content (AvgIpc) is 3.17. The molecule has 0 aliphatic rings. The van der Waals surface area contributed by atoms with Gasteiger partial charge in [0.1, 0.15) is 4.88 Å². The Labute approximate surface area is 164 Å². The molecular formula is C20H17ClN2OS2. The molecule has 6 heteroatoms. The number of fused-ring (bicyclic) bond motifs is 2. The van der Waals surface area contributed by atoms with E-state index in [-0.39, 0.29) is 5.91 Å². The average molecular weight is 401 g/mol. The first-order chi connectivity index (χ1) is 12.5. The van der Waals surface area contributed by atoms with Gasteiger partial charge >= 0.3 is 0 Å². The predicted octanol–water partition coefficient (Wildman–Crippen LogP) is 5.95. The van der Waals surface area contributed by atoms with E-state index in [0.29, 0.717) is 9.90 Å². The first-order valence-corrected chi connectivity index (χ1v) is 10.4. The molecule has 4 rings (SSSR count). The lowest BCUT2D eigenvalue weighted by molar-refractivity contribution is 0.100. The van der Waals surface area contributed by atoms with E-state index in [2.05, 4.69) is 42.5 Å². The highest BCUT2D eigenvalue weighted by atomic mass is 35.5. The van der Waals surface area contributed by atoms with Crippen LogP contribution in [-0.2, 0) is 6.54 Å². The summed E-state index contributed by atoms with van der Waals surface area (Å²) in [4.78, 5) is 18.5. The summed E-state index contributed by atoms with van der Waals surface area (Å²) < 4.78 is 4.30.